The molecule has 7 atom stereocenters. The lowest BCUT2D eigenvalue weighted by Crippen LogP contribution is -2.60. The number of sulfonamides is 1. The van der Waals surface area contributed by atoms with Crippen molar-refractivity contribution in [1.29, 1.82) is 0 Å². The predicted molar refractivity (Wildman–Crippen MR) is 208 cm³/mol. The summed E-state index contributed by atoms with van der Waals surface area (Å²) >= 11 is 0. The van der Waals surface area contributed by atoms with Gasteiger partial charge in [0.2, 0.25) is 33.3 Å². The fourth-order valence-corrected chi connectivity index (χ4v) is 9.06. The molecule has 19 heteroatoms. The van der Waals surface area contributed by atoms with E-state index < -0.39 is 85.9 Å². The Hall–Kier alpha value is -4.65. The SMILES string of the molecule is COCC1CC(C)CCC=CC2CC2(C(=O)NS(=O)(=O)C2(C)CC2)NC(=O)C2CC(Oc3nccc4cc(OC)ccc34)CN2C(=O)C1NC(=O)OC(C)(C)C(F)(F)F. The van der Waals surface area contributed by atoms with Gasteiger partial charge in [-0.15, -0.1) is 0 Å². The van der Waals surface area contributed by atoms with E-state index in [1.165, 1.54) is 32.2 Å². The first-order chi connectivity index (χ1) is 27.6. The van der Waals surface area contributed by atoms with Crippen molar-refractivity contribution in [2.24, 2.45) is 17.8 Å². The van der Waals surface area contributed by atoms with Crippen LogP contribution in [0, 0.1) is 17.8 Å². The third-order valence-electron chi connectivity index (χ3n) is 12.0. The molecule has 2 aliphatic heterocycles. The monoisotopic (exact) mass is 851 g/mol. The first-order valence-corrected chi connectivity index (χ1v) is 21.1. The molecule has 1 aromatic heterocycles. The number of nitrogens with zero attached hydrogens (tertiary/aromatic N) is 2. The number of halogens is 3. The summed E-state index contributed by atoms with van der Waals surface area (Å²) in [6.07, 6.45) is -0.134. The number of methoxy groups -OCH3 is 2. The second kappa shape index (κ2) is 16.4. The normalized spacial score (nSPS) is 28.6. The minimum Gasteiger partial charge on any atom is -0.497 e. The van der Waals surface area contributed by atoms with Gasteiger partial charge in [-0.3, -0.25) is 19.1 Å². The van der Waals surface area contributed by atoms with Crippen LogP contribution in [0.1, 0.15) is 72.6 Å². The van der Waals surface area contributed by atoms with E-state index in [0.717, 1.165) is 5.39 Å². The minimum atomic E-state index is -4.94. The zero-order valence-electron chi connectivity index (χ0n) is 33.9. The first-order valence-electron chi connectivity index (χ1n) is 19.6. The molecular formula is C40H52F3N5O10S. The lowest BCUT2D eigenvalue weighted by molar-refractivity contribution is -0.244. The number of carbonyl (C=O) groups excluding carboxylic acids is 4. The van der Waals surface area contributed by atoms with Gasteiger partial charge < -0.3 is 34.5 Å². The number of amides is 4. The molecule has 2 aromatic rings. The second-order valence-electron chi connectivity index (χ2n) is 16.9. The Balaban J connectivity index is 1.38. The average Bonchev–Trinajstić information content (AvgIpc) is 4.04. The molecule has 3 heterocycles. The predicted octanol–water partition coefficient (Wildman–Crippen LogP) is 4.54. The van der Waals surface area contributed by atoms with Crippen LogP contribution in [-0.4, -0.2) is 110 Å². The Bertz CT molecular complexity index is 2090. The van der Waals surface area contributed by atoms with Gasteiger partial charge in [-0.2, -0.15) is 13.2 Å². The van der Waals surface area contributed by atoms with Gasteiger partial charge in [0.25, 0.3) is 5.91 Å². The third kappa shape index (κ3) is 9.25. The number of pyridine rings is 1. The first kappa shape index (κ1) is 43.9. The van der Waals surface area contributed by atoms with Crippen molar-refractivity contribution in [3.8, 4) is 11.6 Å². The van der Waals surface area contributed by atoms with Crippen molar-refractivity contribution >= 4 is 44.6 Å². The number of hydrogen-bond donors (Lipinski definition) is 3. The lowest BCUT2D eigenvalue weighted by atomic mass is 9.87. The maximum Gasteiger partial charge on any atom is 0.427 e. The molecule has 0 radical (unpaired) electrons. The summed E-state index contributed by atoms with van der Waals surface area (Å²) in [5, 5.41) is 6.51. The molecule has 0 spiro atoms. The molecule has 324 valence electrons. The van der Waals surface area contributed by atoms with Crippen LogP contribution in [0.5, 0.6) is 11.6 Å². The Morgan fingerprint density at radius 1 is 1.10 bits per heavy atom. The number of hydrogen-bond acceptors (Lipinski definition) is 11. The highest BCUT2D eigenvalue weighted by Gasteiger charge is 2.63. The van der Waals surface area contributed by atoms with Gasteiger partial charge in [-0.25, -0.2) is 18.2 Å². The number of alkyl halides is 3. The summed E-state index contributed by atoms with van der Waals surface area (Å²) < 4.78 is 91.0. The van der Waals surface area contributed by atoms with Crippen molar-refractivity contribution in [3.63, 3.8) is 0 Å². The quantitative estimate of drug-likeness (QED) is 0.285. The number of rotatable bonds is 10. The molecule has 7 unspecified atom stereocenters. The van der Waals surface area contributed by atoms with Crippen LogP contribution in [0.2, 0.25) is 0 Å². The van der Waals surface area contributed by atoms with E-state index in [2.05, 4.69) is 20.3 Å². The molecule has 1 saturated heterocycles. The molecule has 15 nitrogen and oxygen atoms in total. The summed E-state index contributed by atoms with van der Waals surface area (Å²) in [6, 6.07) is 4.09. The summed E-state index contributed by atoms with van der Waals surface area (Å²) in [4.78, 5) is 62.3. The Labute approximate surface area is 341 Å². The Morgan fingerprint density at radius 3 is 2.49 bits per heavy atom. The summed E-state index contributed by atoms with van der Waals surface area (Å²) in [7, 11) is -1.18. The highest BCUT2D eigenvalue weighted by Crippen LogP contribution is 2.48. The maximum atomic E-state index is 14.9. The van der Waals surface area contributed by atoms with E-state index in [1.54, 1.807) is 30.3 Å². The smallest absolute Gasteiger partial charge is 0.427 e. The van der Waals surface area contributed by atoms with E-state index in [4.69, 9.17) is 18.9 Å². The largest absolute Gasteiger partial charge is 0.497 e. The molecule has 1 aromatic carbocycles. The van der Waals surface area contributed by atoms with Crippen LogP contribution >= 0.6 is 0 Å². The van der Waals surface area contributed by atoms with Crippen molar-refractivity contribution < 1.29 is 59.7 Å². The molecular weight excluding hydrogens is 800 g/mol. The van der Waals surface area contributed by atoms with Gasteiger partial charge in [0.15, 0.2) is 0 Å². The van der Waals surface area contributed by atoms with Gasteiger partial charge in [0.1, 0.15) is 29.5 Å². The maximum absolute atomic E-state index is 14.9. The van der Waals surface area contributed by atoms with Crippen molar-refractivity contribution in [1.82, 2.24) is 25.2 Å². The fraction of sp³-hybridized carbons (Fsp3) is 0.625. The second-order valence-corrected chi connectivity index (χ2v) is 19.1. The minimum absolute atomic E-state index is 0.0910. The zero-order chi connectivity index (χ0) is 43.1. The topological polar surface area (TPSA) is 192 Å². The highest BCUT2D eigenvalue weighted by atomic mass is 32.2. The summed E-state index contributed by atoms with van der Waals surface area (Å²) in [6.45, 7) is 4.48. The molecule has 0 bridgehead atoms. The van der Waals surface area contributed by atoms with E-state index in [9.17, 15) is 40.8 Å². The van der Waals surface area contributed by atoms with Gasteiger partial charge in [0.05, 0.1) is 25.0 Å². The standard InChI is InChI=1S/C40H52F3N5O10S/c1-23-9-7-8-10-26-20-39(26,35(51)47-59(53,54)38(4)14-15-38)46-32(49)30-19-28(57-33-29-12-11-27(56-6)18-24(29)13-16-44-33)21-48(30)34(50)31(25(17-23)22-55-5)45-36(52)58-37(2,3)40(41,42)43/h8,10-13,16,18,23,25-26,28,30-31H,7,9,14-15,17,19-22H2,1-6H3,(H,45,52)(H,46,49)(H,47,51). The molecule has 4 aliphatic rings. The van der Waals surface area contributed by atoms with Gasteiger partial charge in [-0.05, 0) is 94.9 Å². The van der Waals surface area contributed by atoms with Crippen LogP contribution in [-0.2, 0) is 33.9 Å². The number of fused-ring (bicyclic) bond motifs is 3. The van der Waals surface area contributed by atoms with Gasteiger partial charge >= 0.3 is 12.3 Å². The molecule has 3 N–H and O–H groups in total. The Morgan fingerprint density at radius 2 is 1.83 bits per heavy atom. The summed E-state index contributed by atoms with van der Waals surface area (Å²) in [5.74, 6) is -3.22. The van der Waals surface area contributed by atoms with E-state index in [0.29, 0.717) is 50.7 Å². The van der Waals surface area contributed by atoms with Crippen LogP contribution in [0.25, 0.3) is 10.8 Å². The number of alkyl carbamates (subject to hydrolysis) is 1. The number of carbonyl (C=O) groups is 4. The highest BCUT2D eigenvalue weighted by molar-refractivity contribution is 7.91. The molecule has 2 saturated carbocycles. The molecule has 59 heavy (non-hydrogen) atoms. The van der Waals surface area contributed by atoms with Crippen LogP contribution in [0.3, 0.4) is 0 Å². The Kier molecular flexibility index (Phi) is 12.2. The van der Waals surface area contributed by atoms with Crippen LogP contribution < -0.4 is 24.8 Å². The number of aromatic nitrogens is 1. The summed E-state index contributed by atoms with van der Waals surface area (Å²) in [5.41, 5.74) is -4.58. The van der Waals surface area contributed by atoms with E-state index in [1.807, 2.05) is 13.0 Å². The van der Waals surface area contributed by atoms with Crippen molar-refractivity contribution in [2.75, 3.05) is 27.4 Å². The molecule has 4 amide bonds. The zero-order valence-corrected chi connectivity index (χ0v) is 34.7. The number of benzene rings is 1. The molecule has 2 aliphatic carbocycles. The van der Waals surface area contributed by atoms with Gasteiger partial charge in [-0.1, -0.05) is 19.1 Å². The number of nitrogens with one attached hydrogen (secondary N) is 3. The van der Waals surface area contributed by atoms with E-state index >= 15 is 0 Å². The average molecular weight is 852 g/mol. The molecule has 3 fully saturated rings. The van der Waals surface area contributed by atoms with Crippen molar-refractivity contribution in [2.45, 2.75) is 113 Å². The number of ether oxygens (including phenoxy) is 4. The fourth-order valence-electron chi connectivity index (χ4n) is 7.74. The lowest BCUT2D eigenvalue weighted by Gasteiger charge is -2.35. The third-order valence-corrected chi connectivity index (χ3v) is 14.1. The molecule has 6 rings (SSSR count). The van der Waals surface area contributed by atoms with Crippen molar-refractivity contribution in [3.05, 3.63) is 42.6 Å². The van der Waals surface area contributed by atoms with Crippen LogP contribution in [0.15, 0.2) is 42.6 Å². The van der Waals surface area contributed by atoms with E-state index in [-0.39, 0.29) is 44.2 Å². The van der Waals surface area contributed by atoms with Crippen LogP contribution in [0.4, 0.5) is 18.0 Å². The number of allylic oxidation sites excluding steroid dienone is 1. The van der Waals surface area contributed by atoms with Gasteiger partial charge in [0, 0.05) is 36.9 Å².